The monoisotopic (exact) mass is 226 g/mol. The second kappa shape index (κ2) is 4.80. The van der Waals surface area contributed by atoms with Crippen molar-refractivity contribution < 1.29 is 9.15 Å². The zero-order valence-electron chi connectivity index (χ0n) is 9.72. The molecule has 1 unspecified atom stereocenters. The Morgan fingerprint density at radius 2 is 2.12 bits per heavy atom. The number of methoxy groups -OCH3 is 1. The summed E-state index contributed by atoms with van der Waals surface area (Å²) < 4.78 is 10.8. The quantitative estimate of drug-likeness (QED) is 0.817. The first kappa shape index (κ1) is 11.3. The molecule has 1 saturated heterocycles. The summed E-state index contributed by atoms with van der Waals surface area (Å²) in [7, 11) is 1.75. The van der Waals surface area contributed by atoms with E-state index in [0.29, 0.717) is 18.0 Å². The van der Waals surface area contributed by atoms with Crippen LogP contribution in [0.15, 0.2) is 4.42 Å². The van der Waals surface area contributed by atoms with Gasteiger partial charge in [-0.3, -0.25) is 0 Å². The number of nitrogens with zero attached hydrogens (tertiary/aromatic N) is 3. The predicted molar refractivity (Wildman–Crippen MR) is 59.1 cm³/mol. The van der Waals surface area contributed by atoms with Crippen molar-refractivity contribution in [1.82, 2.24) is 10.2 Å². The number of rotatable bonds is 3. The van der Waals surface area contributed by atoms with E-state index >= 15 is 0 Å². The van der Waals surface area contributed by atoms with Crippen LogP contribution >= 0.6 is 0 Å². The number of ether oxygens (including phenoxy) is 1. The first-order valence-corrected chi connectivity index (χ1v) is 5.57. The van der Waals surface area contributed by atoms with Gasteiger partial charge >= 0.3 is 6.01 Å². The van der Waals surface area contributed by atoms with E-state index in [1.165, 1.54) is 0 Å². The van der Waals surface area contributed by atoms with Gasteiger partial charge in [-0.15, -0.1) is 5.10 Å². The lowest BCUT2D eigenvalue weighted by Crippen LogP contribution is -2.36. The molecule has 1 atom stereocenters. The first-order valence-electron chi connectivity index (χ1n) is 5.57. The summed E-state index contributed by atoms with van der Waals surface area (Å²) in [5.41, 5.74) is 5.67. The molecule has 1 aliphatic heterocycles. The summed E-state index contributed by atoms with van der Waals surface area (Å²) in [5, 5.41) is 7.92. The summed E-state index contributed by atoms with van der Waals surface area (Å²) in [6.07, 6.45) is 2.34. The van der Waals surface area contributed by atoms with Crippen molar-refractivity contribution in [2.75, 3.05) is 25.1 Å². The molecule has 90 valence electrons. The Morgan fingerprint density at radius 3 is 2.62 bits per heavy atom. The zero-order chi connectivity index (χ0) is 11.5. The topological polar surface area (TPSA) is 77.4 Å². The highest BCUT2D eigenvalue weighted by Crippen LogP contribution is 2.21. The van der Waals surface area contributed by atoms with E-state index in [9.17, 15) is 0 Å². The number of nitrogens with two attached hydrogens (primary N) is 1. The van der Waals surface area contributed by atoms with E-state index in [1.807, 2.05) is 6.92 Å². The van der Waals surface area contributed by atoms with E-state index in [4.69, 9.17) is 14.9 Å². The van der Waals surface area contributed by atoms with Crippen LogP contribution in [-0.4, -0.2) is 36.5 Å². The van der Waals surface area contributed by atoms with Crippen LogP contribution in [-0.2, 0) is 4.74 Å². The van der Waals surface area contributed by atoms with E-state index < -0.39 is 0 Å². The van der Waals surface area contributed by atoms with Gasteiger partial charge in [-0.25, -0.2) is 0 Å². The van der Waals surface area contributed by atoms with Gasteiger partial charge in [0, 0.05) is 20.2 Å². The summed E-state index contributed by atoms with van der Waals surface area (Å²) in [6, 6.07) is 0.361. The van der Waals surface area contributed by atoms with E-state index in [2.05, 4.69) is 15.1 Å². The molecule has 0 aromatic carbocycles. The van der Waals surface area contributed by atoms with Gasteiger partial charge in [-0.05, 0) is 19.8 Å². The second-order valence-electron chi connectivity index (χ2n) is 4.13. The van der Waals surface area contributed by atoms with Crippen LogP contribution in [0.5, 0.6) is 0 Å². The molecule has 0 amide bonds. The molecule has 2 rings (SSSR count). The maximum Gasteiger partial charge on any atom is 0.318 e. The van der Waals surface area contributed by atoms with Gasteiger partial charge in [-0.2, -0.15) is 0 Å². The summed E-state index contributed by atoms with van der Waals surface area (Å²) >= 11 is 0. The summed E-state index contributed by atoms with van der Waals surface area (Å²) in [6.45, 7) is 3.60. The van der Waals surface area contributed by atoms with Crippen molar-refractivity contribution in [3.63, 3.8) is 0 Å². The molecular weight excluding hydrogens is 208 g/mol. The fraction of sp³-hybridized carbons (Fsp3) is 0.800. The van der Waals surface area contributed by atoms with E-state index in [1.54, 1.807) is 7.11 Å². The third-order valence-corrected chi connectivity index (χ3v) is 2.87. The van der Waals surface area contributed by atoms with E-state index in [-0.39, 0.29) is 6.04 Å². The van der Waals surface area contributed by atoms with Crippen molar-refractivity contribution in [3.8, 4) is 0 Å². The lowest BCUT2D eigenvalue weighted by molar-refractivity contribution is 0.0810. The third-order valence-electron chi connectivity index (χ3n) is 2.87. The first-order chi connectivity index (χ1) is 7.70. The third kappa shape index (κ3) is 2.33. The highest BCUT2D eigenvalue weighted by molar-refractivity contribution is 5.25. The highest BCUT2D eigenvalue weighted by atomic mass is 16.5. The van der Waals surface area contributed by atoms with Crippen molar-refractivity contribution in [2.45, 2.75) is 31.9 Å². The molecular formula is C10H18N4O2. The predicted octanol–water partition coefficient (Wildman–Crippen LogP) is 0.705. The van der Waals surface area contributed by atoms with Gasteiger partial charge in [-0.1, -0.05) is 5.10 Å². The normalized spacial score (nSPS) is 20.1. The van der Waals surface area contributed by atoms with Gasteiger partial charge in [0.05, 0.1) is 12.1 Å². The SMILES string of the molecule is COC1CCN(c2nnc(C(C)N)o2)CC1. The molecule has 1 aromatic heterocycles. The molecule has 1 aromatic rings. The molecule has 0 aliphatic carbocycles. The van der Waals surface area contributed by atoms with Gasteiger partial charge in [0.1, 0.15) is 0 Å². The van der Waals surface area contributed by atoms with Crippen molar-refractivity contribution in [1.29, 1.82) is 0 Å². The highest BCUT2D eigenvalue weighted by Gasteiger charge is 2.23. The van der Waals surface area contributed by atoms with Crippen molar-refractivity contribution >= 4 is 6.01 Å². The van der Waals surface area contributed by atoms with Gasteiger partial charge < -0.3 is 19.8 Å². The Hall–Kier alpha value is -1.14. The molecule has 16 heavy (non-hydrogen) atoms. The molecule has 6 nitrogen and oxygen atoms in total. The Balaban J connectivity index is 1.97. The minimum absolute atomic E-state index is 0.210. The van der Waals surface area contributed by atoms with Crippen LogP contribution in [0.3, 0.4) is 0 Å². The molecule has 0 bridgehead atoms. The lowest BCUT2D eigenvalue weighted by Gasteiger charge is -2.29. The smallest absolute Gasteiger partial charge is 0.318 e. The molecule has 1 aliphatic rings. The van der Waals surface area contributed by atoms with Crippen LogP contribution in [0.2, 0.25) is 0 Å². The average Bonchev–Trinajstić information content (AvgIpc) is 2.78. The maximum atomic E-state index is 5.67. The summed E-state index contributed by atoms with van der Waals surface area (Å²) in [4.78, 5) is 2.08. The molecule has 0 spiro atoms. The van der Waals surface area contributed by atoms with Crippen LogP contribution in [0, 0.1) is 0 Å². The minimum atomic E-state index is -0.210. The number of anilines is 1. The molecule has 6 heteroatoms. The van der Waals surface area contributed by atoms with Gasteiger partial charge in [0.15, 0.2) is 0 Å². The fourth-order valence-corrected chi connectivity index (χ4v) is 1.82. The number of hydrogen-bond acceptors (Lipinski definition) is 6. The Kier molecular flexibility index (Phi) is 3.40. The standard InChI is InChI=1S/C10H18N4O2/c1-7(11)9-12-13-10(16-9)14-5-3-8(15-2)4-6-14/h7-8H,3-6,11H2,1-2H3. The molecule has 0 radical (unpaired) electrons. The van der Waals surface area contributed by atoms with Crippen LogP contribution < -0.4 is 10.6 Å². The Labute approximate surface area is 94.8 Å². The van der Waals surface area contributed by atoms with Crippen LogP contribution in [0.25, 0.3) is 0 Å². The molecule has 0 saturated carbocycles. The van der Waals surface area contributed by atoms with Crippen LogP contribution in [0.1, 0.15) is 31.7 Å². The molecule has 1 fully saturated rings. The lowest BCUT2D eigenvalue weighted by atomic mass is 10.1. The Bertz CT molecular complexity index is 331. The van der Waals surface area contributed by atoms with Crippen LogP contribution in [0.4, 0.5) is 6.01 Å². The second-order valence-corrected chi connectivity index (χ2v) is 4.13. The van der Waals surface area contributed by atoms with Gasteiger partial charge in [0.25, 0.3) is 0 Å². The molecule has 2 heterocycles. The largest absolute Gasteiger partial charge is 0.406 e. The molecule has 2 N–H and O–H groups in total. The van der Waals surface area contributed by atoms with Gasteiger partial charge in [0.2, 0.25) is 5.89 Å². The maximum absolute atomic E-state index is 5.67. The zero-order valence-corrected chi connectivity index (χ0v) is 9.72. The van der Waals surface area contributed by atoms with Crippen molar-refractivity contribution in [2.24, 2.45) is 5.73 Å². The summed E-state index contributed by atoms with van der Waals surface area (Å²) in [5.74, 6) is 0.490. The van der Waals surface area contributed by atoms with Crippen molar-refractivity contribution in [3.05, 3.63) is 5.89 Å². The fourth-order valence-electron chi connectivity index (χ4n) is 1.82. The average molecular weight is 226 g/mol. The number of aromatic nitrogens is 2. The Morgan fingerprint density at radius 1 is 1.44 bits per heavy atom. The number of piperidine rings is 1. The van der Waals surface area contributed by atoms with E-state index in [0.717, 1.165) is 25.9 Å². The number of hydrogen-bond donors (Lipinski definition) is 1. The minimum Gasteiger partial charge on any atom is -0.406 e.